The number of anilines is 1. The second-order valence-electron chi connectivity index (χ2n) is 4.74. The van der Waals surface area contributed by atoms with Crippen LogP contribution in [0.25, 0.3) is 10.9 Å². The standard InChI is InChI=1S/C16H22N2O/c1-4-9-17-14-11-12(3)18-16-13(14)7-6-8-15(16)19-10-5-2/h6-8,11H,4-5,9-10H2,1-3H3,(H,17,18). The van der Waals surface area contributed by atoms with Crippen molar-refractivity contribution < 1.29 is 4.74 Å². The highest BCUT2D eigenvalue weighted by atomic mass is 16.5. The molecule has 3 nitrogen and oxygen atoms in total. The number of aryl methyl sites for hydroxylation is 1. The van der Waals surface area contributed by atoms with Gasteiger partial charge in [-0.3, -0.25) is 0 Å². The van der Waals surface area contributed by atoms with E-state index in [4.69, 9.17) is 4.74 Å². The van der Waals surface area contributed by atoms with Gasteiger partial charge < -0.3 is 10.1 Å². The van der Waals surface area contributed by atoms with Crippen molar-refractivity contribution in [3.63, 3.8) is 0 Å². The Morgan fingerprint density at radius 3 is 2.79 bits per heavy atom. The third kappa shape index (κ3) is 3.16. The molecule has 1 heterocycles. The van der Waals surface area contributed by atoms with Gasteiger partial charge in [0.1, 0.15) is 11.3 Å². The molecule has 0 saturated heterocycles. The van der Waals surface area contributed by atoms with Gasteiger partial charge in [0.2, 0.25) is 0 Å². The van der Waals surface area contributed by atoms with E-state index in [9.17, 15) is 0 Å². The van der Waals surface area contributed by atoms with Crippen LogP contribution in [0.4, 0.5) is 5.69 Å². The predicted octanol–water partition coefficient (Wildman–Crippen LogP) is 4.15. The average Bonchev–Trinajstić information content (AvgIpc) is 2.42. The van der Waals surface area contributed by atoms with Crippen molar-refractivity contribution in [1.29, 1.82) is 0 Å². The normalized spacial score (nSPS) is 10.7. The summed E-state index contributed by atoms with van der Waals surface area (Å²) in [5.41, 5.74) is 3.11. The zero-order valence-corrected chi connectivity index (χ0v) is 12.0. The van der Waals surface area contributed by atoms with Gasteiger partial charge in [-0.2, -0.15) is 0 Å². The van der Waals surface area contributed by atoms with E-state index in [1.807, 2.05) is 19.1 Å². The van der Waals surface area contributed by atoms with E-state index in [2.05, 4.69) is 36.3 Å². The van der Waals surface area contributed by atoms with E-state index in [0.29, 0.717) is 0 Å². The number of rotatable bonds is 6. The summed E-state index contributed by atoms with van der Waals surface area (Å²) in [6.45, 7) is 8.00. The fourth-order valence-corrected chi connectivity index (χ4v) is 2.08. The van der Waals surface area contributed by atoms with Crippen molar-refractivity contribution >= 4 is 16.6 Å². The Morgan fingerprint density at radius 2 is 2.05 bits per heavy atom. The van der Waals surface area contributed by atoms with Gasteiger partial charge in [0.25, 0.3) is 0 Å². The van der Waals surface area contributed by atoms with Crippen LogP contribution in [-0.2, 0) is 0 Å². The van der Waals surface area contributed by atoms with Crippen molar-refractivity contribution in [1.82, 2.24) is 4.98 Å². The van der Waals surface area contributed by atoms with Crippen LogP contribution in [0.3, 0.4) is 0 Å². The Labute approximate surface area is 115 Å². The van der Waals surface area contributed by atoms with Crippen LogP contribution in [-0.4, -0.2) is 18.1 Å². The van der Waals surface area contributed by atoms with E-state index < -0.39 is 0 Å². The van der Waals surface area contributed by atoms with E-state index in [-0.39, 0.29) is 0 Å². The minimum Gasteiger partial charge on any atom is -0.491 e. The lowest BCUT2D eigenvalue weighted by Gasteiger charge is -2.13. The summed E-state index contributed by atoms with van der Waals surface area (Å²) >= 11 is 0. The number of nitrogens with one attached hydrogen (secondary N) is 1. The van der Waals surface area contributed by atoms with Gasteiger partial charge in [-0.1, -0.05) is 26.0 Å². The molecule has 1 aromatic heterocycles. The topological polar surface area (TPSA) is 34.2 Å². The molecule has 0 bridgehead atoms. The van der Waals surface area contributed by atoms with Crippen LogP contribution in [0, 0.1) is 6.92 Å². The number of nitrogens with zero attached hydrogens (tertiary/aromatic N) is 1. The Morgan fingerprint density at radius 1 is 1.21 bits per heavy atom. The molecule has 0 spiro atoms. The molecule has 0 aliphatic rings. The van der Waals surface area contributed by atoms with Crippen molar-refractivity contribution in [2.24, 2.45) is 0 Å². The molecule has 102 valence electrons. The summed E-state index contributed by atoms with van der Waals surface area (Å²) in [7, 11) is 0. The molecule has 19 heavy (non-hydrogen) atoms. The maximum absolute atomic E-state index is 5.79. The Hall–Kier alpha value is -1.77. The Kier molecular flexibility index (Phi) is 4.61. The number of fused-ring (bicyclic) bond motifs is 1. The number of ether oxygens (including phenoxy) is 1. The summed E-state index contributed by atoms with van der Waals surface area (Å²) in [6, 6.07) is 8.22. The monoisotopic (exact) mass is 258 g/mol. The van der Waals surface area contributed by atoms with Crippen molar-refractivity contribution in [2.75, 3.05) is 18.5 Å². The SMILES string of the molecule is CCCNc1cc(C)nc2c(OCCC)cccc12. The first-order valence-corrected chi connectivity index (χ1v) is 7.03. The van der Waals surface area contributed by atoms with E-state index in [1.54, 1.807) is 0 Å². The van der Waals surface area contributed by atoms with Gasteiger partial charge in [-0.25, -0.2) is 4.98 Å². The highest BCUT2D eigenvalue weighted by Gasteiger charge is 2.08. The fraction of sp³-hybridized carbons (Fsp3) is 0.438. The lowest BCUT2D eigenvalue weighted by molar-refractivity contribution is 0.320. The Bertz CT molecular complexity index is 552. The molecule has 0 aliphatic heterocycles. The summed E-state index contributed by atoms with van der Waals surface area (Å²) in [5.74, 6) is 0.877. The number of pyridine rings is 1. The van der Waals surface area contributed by atoms with Crippen LogP contribution < -0.4 is 10.1 Å². The minimum absolute atomic E-state index is 0.729. The lowest BCUT2D eigenvalue weighted by Crippen LogP contribution is -2.03. The second kappa shape index (κ2) is 6.41. The van der Waals surface area contributed by atoms with E-state index in [0.717, 1.165) is 54.0 Å². The van der Waals surface area contributed by atoms with Gasteiger partial charge in [0.15, 0.2) is 0 Å². The first kappa shape index (κ1) is 13.7. The van der Waals surface area contributed by atoms with Crippen LogP contribution in [0.5, 0.6) is 5.75 Å². The molecule has 2 rings (SSSR count). The third-order valence-corrected chi connectivity index (χ3v) is 2.96. The highest BCUT2D eigenvalue weighted by molar-refractivity contribution is 5.95. The maximum atomic E-state index is 5.79. The quantitative estimate of drug-likeness (QED) is 0.845. The van der Waals surface area contributed by atoms with Crippen LogP contribution in [0.1, 0.15) is 32.4 Å². The highest BCUT2D eigenvalue weighted by Crippen LogP contribution is 2.30. The molecular weight excluding hydrogens is 236 g/mol. The molecule has 0 aliphatic carbocycles. The smallest absolute Gasteiger partial charge is 0.145 e. The van der Waals surface area contributed by atoms with Crippen LogP contribution >= 0.6 is 0 Å². The first-order valence-electron chi connectivity index (χ1n) is 7.03. The molecular formula is C16H22N2O. The summed E-state index contributed by atoms with van der Waals surface area (Å²) < 4.78 is 5.79. The number of hydrogen-bond donors (Lipinski definition) is 1. The van der Waals surface area contributed by atoms with Gasteiger partial charge in [0.05, 0.1) is 6.61 Å². The predicted molar refractivity (Wildman–Crippen MR) is 81.0 cm³/mol. The number of aromatic nitrogens is 1. The first-order chi connectivity index (χ1) is 9.26. The van der Waals surface area contributed by atoms with Gasteiger partial charge >= 0.3 is 0 Å². The third-order valence-electron chi connectivity index (χ3n) is 2.96. The number of benzene rings is 1. The fourth-order valence-electron chi connectivity index (χ4n) is 2.08. The number of hydrogen-bond acceptors (Lipinski definition) is 3. The zero-order valence-electron chi connectivity index (χ0n) is 12.0. The molecule has 2 aromatic rings. The molecule has 0 fully saturated rings. The minimum atomic E-state index is 0.729. The molecule has 0 saturated carbocycles. The molecule has 3 heteroatoms. The van der Waals surface area contributed by atoms with Crippen LogP contribution in [0.2, 0.25) is 0 Å². The second-order valence-corrected chi connectivity index (χ2v) is 4.74. The molecule has 0 amide bonds. The molecule has 1 N–H and O–H groups in total. The largest absolute Gasteiger partial charge is 0.491 e. The Balaban J connectivity index is 2.46. The maximum Gasteiger partial charge on any atom is 0.145 e. The molecule has 1 aromatic carbocycles. The van der Waals surface area contributed by atoms with Gasteiger partial charge in [-0.15, -0.1) is 0 Å². The van der Waals surface area contributed by atoms with Gasteiger partial charge in [-0.05, 0) is 31.9 Å². The summed E-state index contributed by atoms with van der Waals surface area (Å²) in [6.07, 6.45) is 2.11. The zero-order chi connectivity index (χ0) is 13.7. The van der Waals surface area contributed by atoms with E-state index in [1.165, 1.54) is 0 Å². The van der Waals surface area contributed by atoms with Crippen molar-refractivity contribution in [3.8, 4) is 5.75 Å². The van der Waals surface area contributed by atoms with Crippen LogP contribution in [0.15, 0.2) is 24.3 Å². The summed E-state index contributed by atoms with van der Waals surface area (Å²) in [5, 5.41) is 4.60. The molecule has 0 atom stereocenters. The number of para-hydroxylation sites is 1. The van der Waals surface area contributed by atoms with E-state index >= 15 is 0 Å². The molecule has 0 radical (unpaired) electrons. The average molecular weight is 258 g/mol. The molecule has 0 unspecified atom stereocenters. The van der Waals surface area contributed by atoms with Gasteiger partial charge in [0, 0.05) is 23.3 Å². The lowest BCUT2D eigenvalue weighted by atomic mass is 10.1. The van der Waals surface area contributed by atoms with Crippen molar-refractivity contribution in [3.05, 3.63) is 30.0 Å². The van der Waals surface area contributed by atoms with Crippen molar-refractivity contribution in [2.45, 2.75) is 33.6 Å². The summed E-state index contributed by atoms with van der Waals surface area (Å²) in [4.78, 5) is 4.63.